The van der Waals surface area contributed by atoms with E-state index in [2.05, 4.69) is 10.6 Å². The second-order valence-electron chi connectivity index (χ2n) is 8.39. The molecule has 4 aliphatic carbocycles. The molecule has 0 saturated heterocycles. The van der Waals surface area contributed by atoms with Crippen molar-refractivity contribution in [2.75, 3.05) is 13.1 Å². The molecule has 3 nitrogen and oxygen atoms in total. The van der Waals surface area contributed by atoms with Crippen LogP contribution in [-0.4, -0.2) is 24.5 Å². The van der Waals surface area contributed by atoms with Gasteiger partial charge in [0, 0.05) is 22.1 Å². The quantitative estimate of drug-likeness (QED) is 0.775. The normalized spacial score (nSPS) is 32.8. The Balaban J connectivity index is 1.23. The monoisotopic (exact) mass is 380 g/mol. The predicted octanol–water partition coefficient (Wildman–Crippen LogP) is 4.21. The van der Waals surface area contributed by atoms with Crippen LogP contribution in [0.2, 0.25) is 10.0 Å². The van der Waals surface area contributed by atoms with Crippen LogP contribution >= 0.6 is 23.2 Å². The van der Waals surface area contributed by atoms with Crippen LogP contribution in [0.5, 0.6) is 0 Å². The number of nitrogens with one attached hydrogen (secondary N) is 2. The molecular formula is C20H26Cl2N2O. The van der Waals surface area contributed by atoms with E-state index in [1.54, 1.807) is 6.07 Å². The van der Waals surface area contributed by atoms with Crippen molar-refractivity contribution in [3.63, 3.8) is 0 Å². The van der Waals surface area contributed by atoms with Crippen molar-refractivity contribution in [1.82, 2.24) is 10.6 Å². The van der Waals surface area contributed by atoms with Crippen LogP contribution in [0.4, 0.5) is 0 Å². The van der Waals surface area contributed by atoms with Crippen LogP contribution in [0.1, 0.15) is 44.1 Å². The van der Waals surface area contributed by atoms with Gasteiger partial charge >= 0.3 is 0 Å². The Kier molecular flexibility index (Phi) is 5.00. The molecule has 2 N–H and O–H groups in total. The standard InChI is InChI=1S/C20H26Cl2N2O/c21-17-2-1-16(18(22)8-17)3-4-23-19(25)12-24-20-9-13-5-14(10-20)7-15(6-13)11-20/h1-2,8,13-15,24H,3-7,9-12H2,(H,23,25). The maximum atomic E-state index is 12.2. The van der Waals surface area contributed by atoms with Crippen LogP contribution < -0.4 is 10.6 Å². The number of halogens is 2. The minimum Gasteiger partial charge on any atom is -0.355 e. The van der Waals surface area contributed by atoms with Crippen LogP contribution in [-0.2, 0) is 11.2 Å². The van der Waals surface area contributed by atoms with Crippen LogP contribution in [0.15, 0.2) is 18.2 Å². The van der Waals surface area contributed by atoms with Crippen molar-refractivity contribution < 1.29 is 4.79 Å². The molecule has 0 spiro atoms. The highest BCUT2D eigenvalue weighted by atomic mass is 35.5. The maximum Gasteiger partial charge on any atom is 0.233 e. The number of carbonyl (C=O) groups excluding carboxylic acids is 1. The van der Waals surface area contributed by atoms with Crippen molar-refractivity contribution in [1.29, 1.82) is 0 Å². The number of carbonyl (C=O) groups is 1. The first-order valence-electron chi connectivity index (χ1n) is 9.47. The number of rotatable bonds is 6. The summed E-state index contributed by atoms with van der Waals surface area (Å²) in [5.74, 6) is 2.78. The lowest BCUT2D eigenvalue weighted by atomic mass is 9.53. The van der Waals surface area contributed by atoms with E-state index in [9.17, 15) is 4.79 Å². The lowest BCUT2D eigenvalue weighted by molar-refractivity contribution is -0.121. The van der Waals surface area contributed by atoms with E-state index in [1.165, 1.54) is 38.5 Å². The molecule has 5 rings (SSSR count). The largest absolute Gasteiger partial charge is 0.355 e. The third kappa shape index (κ3) is 3.99. The Bertz CT molecular complexity index is 626. The molecule has 1 aromatic carbocycles. The Morgan fingerprint density at radius 3 is 2.32 bits per heavy atom. The fourth-order valence-corrected chi connectivity index (χ4v) is 6.22. The van der Waals surface area contributed by atoms with Gasteiger partial charge in [0.2, 0.25) is 5.91 Å². The summed E-state index contributed by atoms with van der Waals surface area (Å²) in [5.41, 5.74) is 1.26. The van der Waals surface area contributed by atoms with Crippen molar-refractivity contribution in [3.8, 4) is 0 Å². The summed E-state index contributed by atoms with van der Waals surface area (Å²) in [6, 6.07) is 5.50. The predicted molar refractivity (Wildman–Crippen MR) is 102 cm³/mol. The van der Waals surface area contributed by atoms with E-state index >= 15 is 0 Å². The first kappa shape index (κ1) is 17.6. The van der Waals surface area contributed by atoms with Gasteiger partial charge in [0.1, 0.15) is 0 Å². The molecule has 4 bridgehead atoms. The van der Waals surface area contributed by atoms with E-state index in [0.29, 0.717) is 23.1 Å². The highest BCUT2D eigenvalue weighted by Gasteiger charge is 2.50. The van der Waals surface area contributed by atoms with Gasteiger partial charge in [-0.3, -0.25) is 4.79 Å². The van der Waals surface area contributed by atoms with Gasteiger partial charge in [-0.15, -0.1) is 0 Å². The van der Waals surface area contributed by atoms with E-state index in [-0.39, 0.29) is 11.4 Å². The van der Waals surface area contributed by atoms with Crippen molar-refractivity contribution in [2.24, 2.45) is 17.8 Å². The number of amides is 1. The van der Waals surface area contributed by atoms with Crippen LogP contribution in [0, 0.1) is 17.8 Å². The molecule has 136 valence electrons. The summed E-state index contributed by atoms with van der Waals surface area (Å²) >= 11 is 12.1. The lowest BCUT2D eigenvalue weighted by Gasteiger charge is -2.57. The van der Waals surface area contributed by atoms with Crippen molar-refractivity contribution in [3.05, 3.63) is 33.8 Å². The molecular weight excluding hydrogens is 355 g/mol. The van der Waals surface area contributed by atoms with Crippen LogP contribution in [0.3, 0.4) is 0 Å². The van der Waals surface area contributed by atoms with Gasteiger partial charge in [0.15, 0.2) is 0 Å². The highest BCUT2D eigenvalue weighted by molar-refractivity contribution is 6.35. The second kappa shape index (κ2) is 7.09. The van der Waals surface area contributed by atoms with E-state index in [4.69, 9.17) is 23.2 Å². The van der Waals surface area contributed by atoms with Gasteiger partial charge in [0.05, 0.1) is 6.54 Å². The molecule has 0 aromatic heterocycles. The van der Waals surface area contributed by atoms with Gasteiger partial charge in [-0.2, -0.15) is 0 Å². The molecule has 4 aliphatic rings. The van der Waals surface area contributed by atoms with E-state index < -0.39 is 0 Å². The Hall–Kier alpha value is -0.770. The van der Waals surface area contributed by atoms with Crippen molar-refractivity contribution in [2.45, 2.75) is 50.5 Å². The van der Waals surface area contributed by atoms with Gasteiger partial charge in [-0.1, -0.05) is 29.3 Å². The Labute approximate surface area is 159 Å². The molecule has 0 aliphatic heterocycles. The number of benzene rings is 1. The molecule has 1 aromatic rings. The number of hydrogen-bond donors (Lipinski definition) is 2. The SMILES string of the molecule is O=C(CNC12CC3CC(CC(C3)C1)C2)NCCc1ccc(Cl)cc1Cl. The average Bonchev–Trinajstić information content (AvgIpc) is 2.54. The first-order chi connectivity index (χ1) is 12.0. The fourth-order valence-electron chi connectivity index (χ4n) is 5.72. The molecule has 0 atom stereocenters. The second-order valence-corrected chi connectivity index (χ2v) is 9.23. The zero-order chi connectivity index (χ0) is 17.4. The summed E-state index contributed by atoms with van der Waals surface area (Å²) in [5, 5.41) is 7.95. The molecule has 4 saturated carbocycles. The lowest BCUT2D eigenvalue weighted by Crippen LogP contribution is -2.59. The Morgan fingerprint density at radius 1 is 1.08 bits per heavy atom. The summed E-state index contributed by atoms with van der Waals surface area (Å²) in [6.45, 7) is 1.03. The zero-order valence-electron chi connectivity index (χ0n) is 14.5. The van der Waals surface area contributed by atoms with Gasteiger partial charge < -0.3 is 10.6 Å². The minimum atomic E-state index is 0.0841. The van der Waals surface area contributed by atoms with E-state index in [1.807, 2.05) is 12.1 Å². The summed E-state index contributed by atoms with van der Waals surface area (Å²) in [7, 11) is 0. The first-order valence-corrected chi connectivity index (χ1v) is 10.2. The molecule has 0 heterocycles. The Morgan fingerprint density at radius 2 is 1.72 bits per heavy atom. The van der Waals surface area contributed by atoms with Crippen LogP contribution in [0.25, 0.3) is 0 Å². The number of hydrogen-bond acceptors (Lipinski definition) is 2. The molecule has 25 heavy (non-hydrogen) atoms. The van der Waals surface area contributed by atoms with Gasteiger partial charge in [-0.05, 0) is 80.4 Å². The zero-order valence-corrected chi connectivity index (χ0v) is 16.0. The molecule has 0 radical (unpaired) electrons. The molecule has 5 heteroatoms. The summed E-state index contributed by atoms with van der Waals surface area (Å²) in [6.07, 6.45) is 8.81. The smallest absolute Gasteiger partial charge is 0.233 e. The molecule has 1 amide bonds. The van der Waals surface area contributed by atoms with Gasteiger partial charge in [0.25, 0.3) is 0 Å². The van der Waals surface area contributed by atoms with Crippen molar-refractivity contribution >= 4 is 29.1 Å². The average molecular weight is 381 g/mol. The minimum absolute atomic E-state index is 0.0841. The summed E-state index contributed by atoms with van der Waals surface area (Å²) in [4.78, 5) is 12.2. The molecule has 4 fully saturated rings. The maximum absolute atomic E-state index is 12.2. The molecule has 0 unspecified atom stereocenters. The topological polar surface area (TPSA) is 41.1 Å². The third-order valence-corrected chi connectivity index (χ3v) is 6.98. The summed E-state index contributed by atoms with van der Waals surface area (Å²) < 4.78 is 0. The third-order valence-electron chi connectivity index (χ3n) is 6.39. The fraction of sp³-hybridized carbons (Fsp3) is 0.650. The highest BCUT2D eigenvalue weighted by Crippen LogP contribution is 2.55. The van der Waals surface area contributed by atoms with E-state index in [0.717, 1.165) is 29.7 Å². The van der Waals surface area contributed by atoms with Gasteiger partial charge in [-0.25, -0.2) is 0 Å².